The monoisotopic (exact) mass is 576 g/mol. The van der Waals surface area contributed by atoms with Crippen molar-refractivity contribution in [3.8, 4) is 55.9 Å². The van der Waals surface area contributed by atoms with Gasteiger partial charge in [0, 0.05) is 74.5 Å². The van der Waals surface area contributed by atoms with Crippen molar-refractivity contribution in [1.29, 1.82) is 0 Å². The first-order chi connectivity index (χ1) is 21.6. The SMILES string of the molecule is CNc1ccc(-c2ccc(NC)cc2-c2ccc(-c3ccc(-c4cc(NC)ccc4-c4ccc(NC)cc4)cn3)nc2)cc1. The molecule has 218 valence electrons. The molecule has 0 atom stereocenters. The first kappa shape index (κ1) is 28.5. The van der Waals surface area contributed by atoms with E-state index in [1.807, 2.05) is 52.7 Å². The van der Waals surface area contributed by atoms with E-state index in [0.717, 1.165) is 78.6 Å². The molecule has 0 aliphatic carbocycles. The van der Waals surface area contributed by atoms with E-state index in [0.29, 0.717) is 0 Å². The van der Waals surface area contributed by atoms with Crippen molar-refractivity contribution in [2.45, 2.75) is 0 Å². The summed E-state index contributed by atoms with van der Waals surface area (Å²) in [5.74, 6) is 0. The fourth-order valence-corrected chi connectivity index (χ4v) is 5.42. The van der Waals surface area contributed by atoms with Crippen LogP contribution in [0.5, 0.6) is 0 Å². The Labute approximate surface area is 259 Å². The minimum Gasteiger partial charge on any atom is -0.388 e. The number of benzene rings is 4. The van der Waals surface area contributed by atoms with Gasteiger partial charge in [-0.15, -0.1) is 0 Å². The van der Waals surface area contributed by atoms with Gasteiger partial charge in [-0.2, -0.15) is 0 Å². The predicted molar refractivity (Wildman–Crippen MR) is 187 cm³/mol. The zero-order valence-electron chi connectivity index (χ0n) is 25.4. The maximum Gasteiger partial charge on any atom is 0.0886 e. The Morgan fingerprint density at radius 1 is 0.341 bits per heavy atom. The number of aromatic nitrogens is 2. The lowest BCUT2D eigenvalue weighted by Crippen LogP contribution is -1.94. The van der Waals surface area contributed by atoms with Crippen LogP contribution in [0.25, 0.3) is 55.9 Å². The summed E-state index contributed by atoms with van der Waals surface area (Å²) in [7, 11) is 7.74. The van der Waals surface area contributed by atoms with Crippen molar-refractivity contribution in [2.75, 3.05) is 49.5 Å². The topological polar surface area (TPSA) is 73.9 Å². The highest BCUT2D eigenvalue weighted by Crippen LogP contribution is 2.37. The lowest BCUT2D eigenvalue weighted by Gasteiger charge is -2.14. The van der Waals surface area contributed by atoms with E-state index in [9.17, 15) is 0 Å². The molecule has 0 aliphatic rings. The third kappa shape index (κ3) is 5.83. The van der Waals surface area contributed by atoms with E-state index >= 15 is 0 Å². The highest BCUT2D eigenvalue weighted by atomic mass is 14.8. The first-order valence-electron chi connectivity index (χ1n) is 14.7. The van der Waals surface area contributed by atoms with E-state index in [-0.39, 0.29) is 0 Å². The van der Waals surface area contributed by atoms with Crippen LogP contribution in [0.15, 0.2) is 122 Å². The molecular formula is C38H36N6. The molecule has 0 amide bonds. The largest absolute Gasteiger partial charge is 0.388 e. The molecule has 2 aromatic heterocycles. The Balaban J connectivity index is 1.31. The zero-order valence-corrected chi connectivity index (χ0v) is 25.4. The Bertz CT molecular complexity index is 1720. The molecule has 4 aromatic carbocycles. The predicted octanol–water partition coefficient (Wildman–Crippen LogP) is 8.98. The molecule has 4 N–H and O–H groups in total. The summed E-state index contributed by atoms with van der Waals surface area (Å²) in [4.78, 5) is 9.69. The molecule has 0 fully saturated rings. The molecule has 0 aliphatic heterocycles. The quantitative estimate of drug-likeness (QED) is 0.138. The third-order valence-electron chi connectivity index (χ3n) is 8.00. The van der Waals surface area contributed by atoms with Crippen LogP contribution in [-0.2, 0) is 0 Å². The number of rotatable bonds is 9. The number of pyridine rings is 2. The van der Waals surface area contributed by atoms with Crippen LogP contribution in [0.3, 0.4) is 0 Å². The molecule has 0 radical (unpaired) electrons. The molecule has 44 heavy (non-hydrogen) atoms. The number of hydrogen-bond donors (Lipinski definition) is 4. The minimum atomic E-state index is 0.830. The number of anilines is 4. The second kappa shape index (κ2) is 12.7. The Morgan fingerprint density at radius 2 is 0.682 bits per heavy atom. The van der Waals surface area contributed by atoms with Gasteiger partial charge in [0.15, 0.2) is 0 Å². The van der Waals surface area contributed by atoms with E-state index in [2.05, 4.69) is 118 Å². The molecule has 6 aromatic rings. The van der Waals surface area contributed by atoms with Gasteiger partial charge in [-0.25, -0.2) is 0 Å². The second-order valence-electron chi connectivity index (χ2n) is 10.5. The summed E-state index contributed by atoms with van der Waals surface area (Å²) in [5.41, 5.74) is 14.9. The van der Waals surface area contributed by atoms with Gasteiger partial charge >= 0.3 is 0 Å². The molecule has 0 saturated heterocycles. The summed E-state index contributed by atoms with van der Waals surface area (Å²) < 4.78 is 0. The number of hydrogen-bond acceptors (Lipinski definition) is 6. The smallest absolute Gasteiger partial charge is 0.0886 e. The van der Waals surface area contributed by atoms with Crippen molar-refractivity contribution in [2.24, 2.45) is 0 Å². The van der Waals surface area contributed by atoms with E-state index in [4.69, 9.17) is 9.97 Å². The molecule has 0 spiro atoms. The van der Waals surface area contributed by atoms with E-state index in [1.165, 1.54) is 0 Å². The summed E-state index contributed by atoms with van der Waals surface area (Å²) in [6.45, 7) is 0. The number of nitrogens with one attached hydrogen (secondary N) is 4. The van der Waals surface area contributed by atoms with Crippen LogP contribution in [0.2, 0.25) is 0 Å². The molecule has 6 heteroatoms. The van der Waals surface area contributed by atoms with Gasteiger partial charge in [0.1, 0.15) is 0 Å². The van der Waals surface area contributed by atoms with Crippen molar-refractivity contribution < 1.29 is 0 Å². The standard InChI is InChI=1S/C38H36N6/c1-39-29-11-5-25(6-12-29)33-17-15-31(41-3)21-35(33)27-9-19-37(43-23-27)38-20-10-28(24-44-38)36-22-32(42-4)16-18-34(36)26-7-13-30(40-2)14-8-26/h5-24,39-42H,1-4H3. The van der Waals surface area contributed by atoms with E-state index in [1.54, 1.807) is 0 Å². The fourth-order valence-electron chi connectivity index (χ4n) is 5.42. The van der Waals surface area contributed by atoms with Crippen LogP contribution in [0.4, 0.5) is 22.7 Å². The van der Waals surface area contributed by atoms with Crippen molar-refractivity contribution in [1.82, 2.24) is 9.97 Å². The van der Waals surface area contributed by atoms with Crippen LogP contribution in [-0.4, -0.2) is 38.2 Å². The average molecular weight is 577 g/mol. The summed E-state index contributed by atoms with van der Waals surface area (Å²) in [6, 6.07) is 38.2. The summed E-state index contributed by atoms with van der Waals surface area (Å²) >= 11 is 0. The van der Waals surface area contributed by atoms with Gasteiger partial charge in [-0.3, -0.25) is 9.97 Å². The molecule has 2 heterocycles. The van der Waals surface area contributed by atoms with Gasteiger partial charge < -0.3 is 21.3 Å². The maximum atomic E-state index is 4.85. The highest BCUT2D eigenvalue weighted by Gasteiger charge is 2.13. The fraction of sp³-hybridized carbons (Fsp3) is 0.105. The maximum absolute atomic E-state index is 4.85. The third-order valence-corrected chi connectivity index (χ3v) is 8.00. The molecule has 0 bridgehead atoms. The molecule has 0 saturated carbocycles. The molecule has 0 unspecified atom stereocenters. The van der Waals surface area contributed by atoms with Crippen LogP contribution >= 0.6 is 0 Å². The van der Waals surface area contributed by atoms with Crippen LogP contribution in [0, 0.1) is 0 Å². The molecule has 6 nitrogen and oxygen atoms in total. The summed E-state index contributed by atoms with van der Waals surface area (Å²) in [5, 5.41) is 12.9. The van der Waals surface area contributed by atoms with Gasteiger partial charge in [-0.05, 0) is 94.0 Å². The van der Waals surface area contributed by atoms with Crippen molar-refractivity contribution >= 4 is 22.7 Å². The average Bonchev–Trinajstić information content (AvgIpc) is 3.11. The normalized spacial score (nSPS) is 10.7. The molecule has 6 rings (SSSR count). The Kier molecular flexibility index (Phi) is 8.23. The lowest BCUT2D eigenvalue weighted by molar-refractivity contribution is 1.25. The van der Waals surface area contributed by atoms with Gasteiger partial charge in [0.05, 0.1) is 11.4 Å². The van der Waals surface area contributed by atoms with Crippen molar-refractivity contribution in [3.05, 3.63) is 122 Å². The van der Waals surface area contributed by atoms with Crippen LogP contribution < -0.4 is 21.3 Å². The van der Waals surface area contributed by atoms with Gasteiger partial charge in [0.25, 0.3) is 0 Å². The summed E-state index contributed by atoms with van der Waals surface area (Å²) in [6.07, 6.45) is 3.88. The lowest BCUT2D eigenvalue weighted by atomic mass is 9.94. The van der Waals surface area contributed by atoms with Gasteiger partial charge in [-0.1, -0.05) is 48.5 Å². The van der Waals surface area contributed by atoms with Gasteiger partial charge in [0.2, 0.25) is 0 Å². The zero-order chi connectivity index (χ0) is 30.5. The minimum absolute atomic E-state index is 0.830. The van der Waals surface area contributed by atoms with Crippen LogP contribution in [0.1, 0.15) is 0 Å². The second-order valence-corrected chi connectivity index (χ2v) is 10.5. The first-order valence-corrected chi connectivity index (χ1v) is 14.7. The molecular weight excluding hydrogens is 540 g/mol. The Hall–Kier alpha value is -5.62. The number of nitrogens with zero attached hydrogens (tertiary/aromatic N) is 2. The van der Waals surface area contributed by atoms with Crippen molar-refractivity contribution in [3.63, 3.8) is 0 Å². The van der Waals surface area contributed by atoms with E-state index < -0.39 is 0 Å². The Morgan fingerprint density at radius 3 is 1.00 bits per heavy atom. The highest BCUT2D eigenvalue weighted by molar-refractivity contribution is 5.88.